The zero-order valence-corrected chi connectivity index (χ0v) is 10.8. The summed E-state index contributed by atoms with van der Waals surface area (Å²) in [6, 6.07) is 8.48. The molecule has 1 heterocycles. The number of nitro groups is 1. The average molecular weight is 261 g/mol. The van der Waals surface area contributed by atoms with E-state index in [1.807, 2.05) is 29.9 Å². The fourth-order valence-electron chi connectivity index (χ4n) is 1.81. The lowest BCUT2D eigenvalue weighted by Gasteiger charge is -2.11. The lowest BCUT2D eigenvalue weighted by molar-refractivity contribution is -0.384. The van der Waals surface area contributed by atoms with Crippen LogP contribution in [0.5, 0.6) is 5.75 Å². The molecule has 19 heavy (non-hydrogen) atoms. The summed E-state index contributed by atoms with van der Waals surface area (Å²) in [4.78, 5) is 10.3. The molecule has 1 aromatic heterocycles. The molecule has 0 bridgehead atoms. The summed E-state index contributed by atoms with van der Waals surface area (Å²) in [5.41, 5.74) is 1.86. The molecule has 100 valence electrons. The molecule has 0 spiro atoms. The van der Waals surface area contributed by atoms with E-state index in [-0.39, 0.29) is 5.69 Å². The Morgan fingerprint density at radius 3 is 2.79 bits per heavy atom. The third-order valence-corrected chi connectivity index (χ3v) is 2.91. The summed E-state index contributed by atoms with van der Waals surface area (Å²) in [6.45, 7) is 0.623. The lowest BCUT2D eigenvalue weighted by Crippen LogP contribution is -2.05. The van der Waals surface area contributed by atoms with Crippen molar-refractivity contribution >= 4 is 11.4 Å². The van der Waals surface area contributed by atoms with Gasteiger partial charge in [0.1, 0.15) is 5.75 Å². The molecule has 0 unspecified atom stereocenters. The van der Waals surface area contributed by atoms with Crippen LogP contribution in [0, 0.1) is 10.1 Å². The number of hydrogen-bond acceptors (Lipinski definition) is 4. The first kappa shape index (κ1) is 12.9. The monoisotopic (exact) mass is 261 g/mol. The highest BCUT2D eigenvalue weighted by atomic mass is 16.6. The summed E-state index contributed by atoms with van der Waals surface area (Å²) < 4.78 is 7.17. The van der Waals surface area contributed by atoms with E-state index >= 15 is 0 Å². The van der Waals surface area contributed by atoms with Crippen LogP contribution in [0.25, 0.3) is 0 Å². The first-order valence-corrected chi connectivity index (χ1v) is 5.78. The average Bonchev–Trinajstić information content (AvgIpc) is 2.81. The fraction of sp³-hybridized carbons (Fsp3) is 0.231. The van der Waals surface area contributed by atoms with Gasteiger partial charge in [-0.3, -0.25) is 10.1 Å². The smallest absolute Gasteiger partial charge is 0.273 e. The number of nitro benzene ring substituents is 1. The van der Waals surface area contributed by atoms with Crippen molar-refractivity contribution in [1.82, 2.24) is 4.57 Å². The van der Waals surface area contributed by atoms with Gasteiger partial charge in [0.15, 0.2) is 0 Å². The quantitative estimate of drug-likeness (QED) is 0.663. The lowest BCUT2D eigenvalue weighted by atomic mass is 10.2. The van der Waals surface area contributed by atoms with Gasteiger partial charge in [-0.1, -0.05) is 0 Å². The van der Waals surface area contributed by atoms with Crippen molar-refractivity contribution in [2.75, 3.05) is 12.4 Å². The zero-order valence-electron chi connectivity index (χ0n) is 10.8. The first-order chi connectivity index (χ1) is 9.11. The number of hydrogen-bond donors (Lipinski definition) is 1. The van der Waals surface area contributed by atoms with Crippen molar-refractivity contribution in [1.29, 1.82) is 0 Å². The molecule has 0 saturated heterocycles. The van der Waals surface area contributed by atoms with Gasteiger partial charge in [-0.15, -0.1) is 0 Å². The third kappa shape index (κ3) is 2.85. The highest BCUT2D eigenvalue weighted by Gasteiger charge is 2.11. The Morgan fingerprint density at radius 1 is 1.42 bits per heavy atom. The molecule has 0 aliphatic rings. The number of non-ortho nitro benzene ring substituents is 1. The van der Waals surface area contributed by atoms with Crippen molar-refractivity contribution in [2.24, 2.45) is 7.05 Å². The number of ether oxygens (including phenoxy) is 1. The number of benzene rings is 1. The summed E-state index contributed by atoms with van der Waals surface area (Å²) in [7, 11) is 3.46. The Bertz CT molecular complexity index is 593. The first-order valence-electron chi connectivity index (χ1n) is 5.78. The molecule has 0 atom stereocenters. The number of aromatic nitrogens is 1. The van der Waals surface area contributed by atoms with Crippen LogP contribution in [0.1, 0.15) is 5.69 Å². The second-order valence-electron chi connectivity index (χ2n) is 4.11. The summed E-state index contributed by atoms with van der Waals surface area (Å²) in [6.07, 6.45) is 1.96. The Labute approximate surface area is 110 Å². The molecular weight excluding hydrogens is 246 g/mol. The highest BCUT2D eigenvalue weighted by Crippen LogP contribution is 2.29. The van der Waals surface area contributed by atoms with Crippen LogP contribution in [-0.2, 0) is 13.6 Å². The Kier molecular flexibility index (Phi) is 3.70. The Morgan fingerprint density at radius 2 is 2.21 bits per heavy atom. The van der Waals surface area contributed by atoms with Crippen LogP contribution in [0.2, 0.25) is 0 Å². The molecular formula is C13H15N3O3. The van der Waals surface area contributed by atoms with Gasteiger partial charge in [0.25, 0.3) is 5.69 Å². The van der Waals surface area contributed by atoms with Crippen molar-refractivity contribution in [3.05, 3.63) is 52.3 Å². The minimum atomic E-state index is -0.441. The molecule has 1 aromatic carbocycles. The molecule has 2 rings (SSSR count). The van der Waals surface area contributed by atoms with Gasteiger partial charge >= 0.3 is 0 Å². The van der Waals surface area contributed by atoms with Crippen LogP contribution in [0.4, 0.5) is 11.4 Å². The van der Waals surface area contributed by atoms with E-state index in [0.29, 0.717) is 12.3 Å². The Hall–Kier alpha value is -2.50. The van der Waals surface area contributed by atoms with E-state index in [9.17, 15) is 10.1 Å². The predicted molar refractivity (Wildman–Crippen MR) is 72.4 cm³/mol. The molecule has 1 N–H and O–H groups in total. The van der Waals surface area contributed by atoms with Gasteiger partial charge in [0.2, 0.25) is 0 Å². The van der Waals surface area contributed by atoms with Crippen LogP contribution < -0.4 is 10.1 Å². The van der Waals surface area contributed by atoms with E-state index in [4.69, 9.17) is 4.74 Å². The number of rotatable bonds is 5. The van der Waals surface area contributed by atoms with Gasteiger partial charge in [-0.25, -0.2) is 0 Å². The number of nitrogens with zero attached hydrogens (tertiary/aromatic N) is 2. The van der Waals surface area contributed by atoms with Crippen LogP contribution in [0.15, 0.2) is 36.5 Å². The molecule has 6 heteroatoms. The van der Waals surface area contributed by atoms with Gasteiger partial charge in [-0.2, -0.15) is 0 Å². The number of methoxy groups -OCH3 is 1. The number of anilines is 1. The summed E-state index contributed by atoms with van der Waals surface area (Å²) in [5.74, 6) is 0.461. The minimum Gasteiger partial charge on any atom is -0.494 e. The van der Waals surface area contributed by atoms with Crippen molar-refractivity contribution < 1.29 is 9.66 Å². The van der Waals surface area contributed by atoms with E-state index in [0.717, 1.165) is 11.4 Å². The highest BCUT2D eigenvalue weighted by molar-refractivity contribution is 5.60. The predicted octanol–water partition coefficient (Wildman–Crippen LogP) is 2.55. The topological polar surface area (TPSA) is 69.3 Å². The molecule has 6 nitrogen and oxygen atoms in total. The summed E-state index contributed by atoms with van der Waals surface area (Å²) in [5, 5.41) is 13.9. The molecule has 2 aromatic rings. The Balaban J connectivity index is 2.16. The second-order valence-corrected chi connectivity index (χ2v) is 4.11. The van der Waals surface area contributed by atoms with Gasteiger partial charge < -0.3 is 14.6 Å². The van der Waals surface area contributed by atoms with Crippen molar-refractivity contribution in [3.8, 4) is 5.75 Å². The van der Waals surface area contributed by atoms with E-state index in [1.165, 1.54) is 19.2 Å². The normalized spacial score (nSPS) is 10.2. The van der Waals surface area contributed by atoms with Gasteiger partial charge in [0, 0.05) is 25.0 Å². The van der Waals surface area contributed by atoms with Crippen LogP contribution >= 0.6 is 0 Å². The number of aryl methyl sites for hydroxylation is 1. The standard InChI is InChI=1S/C13H15N3O3/c1-15-7-3-4-11(15)9-14-12-6-5-10(16(17)18)8-13(12)19-2/h3-8,14H,9H2,1-2H3. The summed E-state index contributed by atoms with van der Waals surface area (Å²) >= 11 is 0. The van der Waals surface area contributed by atoms with Crippen LogP contribution in [-0.4, -0.2) is 16.6 Å². The molecule has 0 saturated carbocycles. The zero-order chi connectivity index (χ0) is 13.8. The largest absolute Gasteiger partial charge is 0.494 e. The van der Waals surface area contributed by atoms with Crippen molar-refractivity contribution in [3.63, 3.8) is 0 Å². The molecule has 0 amide bonds. The van der Waals surface area contributed by atoms with Crippen LogP contribution in [0.3, 0.4) is 0 Å². The molecule has 0 fully saturated rings. The minimum absolute atomic E-state index is 0.0151. The maximum absolute atomic E-state index is 10.7. The molecule has 0 aliphatic heterocycles. The number of nitrogens with one attached hydrogen (secondary N) is 1. The van der Waals surface area contributed by atoms with Crippen molar-refractivity contribution in [2.45, 2.75) is 6.54 Å². The molecule has 0 aliphatic carbocycles. The molecule has 0 radical (unpaired) electrons. The van der Waals surface area contributed by atoms with E-state index in [2.05, 4.69) is 5.32 Å². The maximum Gasteiger partial charge on any atom is 0.273 e. The van der Waals surface area contributed by atoms with E-state index in [1.54, 1.807) is 6.07 Å². The van der Waals surface area contributed by atoms with Gasteiger partial charge in [0.05, 0.1) is 30.3 Å². The third-order valence-electron chi connectivity index (χ3n) is 2.91. The maximum atomic E-state index is 10.7. The SMILES string of the molecule is COc1cc([N+](=O)[O-])ccc1NCc1cccn1C. The fourth-order valence-corrected chi connectivity index (χ4v) is 1.81. The van der Waals surface area contributed by atoms with E-state index < -0.39 is 4.92 Å². The second kappa shape index (κ2) is 5.43. The van der Waals surface area contributed by atoms with Gasteiger partial charge in [-0.05, 0) is 18.2 Å².